The number of aromatic nitrogens is 1. The number of nitrogens with zero attached hydrogens (tertiary/aromatic N) is 2. The molecule has 3 nitrogen and oxygen atoms in total. The Labute approximate surface area is 131 Å². The number of fused-ring (bicyclic) bond motifs is 3. The molecule has 5 rings (SSSR count). The van der Waals surface area contributed by atoms with E-state index in [1.54, 1.807) is 6.20 Å². The number of pyridine rings is 1. The topological polar surface area (TPSA) is 33.2 Å². The predicted molar refractivity (Wildman–Crippen MR) is 86.5 cm³/mol. The van der Waals surface area contributed by atoms with Crippen LogP contribution in [-0.4, -0.2) is 34.8 Å². The van der Waals surface area contributed by atoms with Gasteiger partial charge in [0.1, 0.15) is 0 Å². The molecule has 0 radical (unpaired) electrons. The van der Waals surface area contributed by atoms with Crippen LogP contribution in [0.1, 0.15) is 18.4 Å². The highest BCUT2D eigenvalue weighted by Gasteiger charge is 2.40. The van der Waals surface area contributed by atoms with Crippen LogP contribution in [-0.2, 0) is 11.2 Å². The molecule has 2 aromatic rings. The molecule has 0 saturated carbocycles. The van der Waals surface area contributed by atoms with Crippen LogP contribution in [0.25, 0.3) is 11.1 Å². The second-order valence-corrected chi connectivity index (χ2v) is 6.33. The van der Waals surface area contributed by atoms with Crippen LogP contribution in [0.4, 0.5) is 0 Å². The standard InChI is InChI=1S/C19H20N2O/c22-19-14-7-10-21(11-8-14)18(19)12-15-4-1-2-6-17(15)16-5-3-9-20-13-16/h1-6,9,13-14,18H,7-8,10-12H2. The van der Waals surface area contributed by atoms with Gasteiger partial charge in [-0.1, -0.05) is 30.3 Å². The van der Waals surface area contributed by atoms with Crippen molar-refractivity contribution in [3.05, 3.63) is 54.4 Å². The summed E-state index contributed by atoms with van der Waals surface area (Å²) in [6.07, 6.45) is 6.62. The molecule has 3 aliphatic rings. The van der Waals surface area contributed by atoms with Gasteiger partial charge in [-0.25, -0.2) is 0 Å². The summed E-state index contributed by atoms with van der Waals surface area (Å²) in [7, 11) is 0. The average molecular weight is 292 g/mol. The zero-order valence-electron chi connectivity index (χ0n) is 12.6. The second-order valence-electron chi connectivity index (χ2n) is 6.33. The van der Waals surface area contributed by atoms with E-state index in [1.807, 2.05) is 12.3 Å². The first-order valence-electron chi connectivity index (χ1n) is 8.09. The fourth-order valence-electron chi connectivity index (χ4n) is 3.89. The fraction of sp³-hybridized carbons (Fsp3) is 0.368. The molecule has 1 unspecified atom stereocenters. The van der Waals surface area contributed by atoms with E-state index in [2.05, 4.69) is 40.2 Å². The van der Waals surface area contributed by atoms with Crippen molar-refractivity contribution in [3.8, 4) is 11.1 Å². The van der Waals surface area contributed by atoms with E-state index >= 15 is 0 Å². The maximum Gasteiger partial charge on any atom is 0.153 e. The number of Topliss-reactive ketones (excluding diaryl/α,β-unsaturated/α-hetero) is 1. The Hall–Kier alpha value is -2.00. The van der Waals surface area contributed by atoms with Crippen LogP contribution in [0.3, 0.4) is 0 Å². The van der Waals surface area contributed by atoms with Crippen molar-refractivity contribution in [2.45, 2.75) is 25.3 Å². The van der Waals surface area contributed by atoms with Crippen molar-refractivity contribution < 1.29 is 4.79 Å². The first-order valence-corrected chi connectivity index (χ1v) is 8.09. The lowest BCUT2D eigenvalue weighted by Gasteiger charge is -2.44. The van der Waals surface area contributed by atoms with Crippen LogP contribution in [0.2, 0.25) is 0 Å². The Morgan fingerprint density at radius 3 is 2.64 bits per heavy atom. The quantitative estimate of drug-likeness (QED) is 0.872. The SMILES string of the molecule is O=C1C2CCN(CC2)C1Cc1ccccc1-c1cccnc1. The molecule has 1 aromatic heterocycles. The van der Waals surface area contributed by atoms with E-state index < -0.39 is 0 Å². The Morgan fingerprint density at radius 1 is 1.09 bits per heavy atom. The smallest absolute Gasteiger partial charge is 0.153 e. The van der Waals surface area contributed by atoms with Gasteiger partial charge in [0.15, 0.2) is 5.78 Å². The Morgan fingerprint density at radius 2 is 1.91 bits per heavy atom. The maximum atomic E-state index is 12.6. The van der Waals surface area contributed by atoms with Crippen LogP contribution in [0.15, 0.2) is 48.8 Å². The molecular weight excluding hydrogens is 272 g/mol. The van der Waals surface area contributed by atoms with Crippen molar-refractivity contribution >= 4 is 5.78 Å². The van der Waals surface area contributed by atoms with Crippen molar-refractivity contribution in [2.75, 3.05) is 13.1 Å². The van der Waals surface area contributed by atoms with Gasteiger partial charge in [-0.05, 0) is 49.5 Å². The summed E-state index contributed by atoms with van der Waals surface area (Å²) in [6, 6.07) is 12.5. The third-order valence-electron chi connectivity index (χ3n) is 5.10. The molecule has 0 amide bonds. The van der Waals surface area contributed by atoms with Crippen molar-refractivity contribution in [1.82, 2.24) is 9.88 Å². The number of carbonyl (C=O) groups is 1. The van der Waals surface area contributed by atoms with Crippen LogP contribution in [0, 0.1) is 5.92 Å². The molecule has 3 aliphatic heterocycles. The first kappa shape index (κ1) is 13.6. The number of hydrogen-bond donors (Lipinski definition) is 0. The molecule has 22 heavy (non-hydrogen) atoms. The molecule has 0 aliphatic carbocycles. The van der Waals surface area contributed by atoms with E-state index in [4.69, 9.17) is 0 Å². The van der Waals surface area contributed by atoms with Crippen molar-refractivity contribution in [1.29, 1.82) is 0 Å². The maximum absolute atomic E-state index is 12.6. The van der Waals surface area contributed by atoms with E-state index in [9.17, 15) is 4.79 Å². The zero-order valence-corrected chi connectivity index (χ0v) is 12.6. The number of rotatable bonds is 3. The van der Waals surface area contributed by atoms with Gasteiger partial charge in [-0.15, -0.1) is 0 Å². The number of carbonyl (C=O) groups excluding carboxylic acids is 1. The number of piperidine rings is 3. The summed E-state index contributed by atoms with van der Waals surface area (Å²) in [4.78, 5) is 19.2. The van der Waals surface area contributed by atoms with Gasteiger partial charge in [-0.2, -0.15) is 0 Å². The molecule has 1 atom stereocenters. The van der Waals surface area contributed by atoms with Gasteiger partial charge in [0.05, 0.1) is 6.04 Å². The number of benzene rings is 1. The average Bonchev–Trinajstić information content (AvgIpc) is 2.60. The van der Waals surface area contributed by atoms with Crippen LogP contribution in [0.5, 0.6) is 0 Å². The third kappa shape index (κ3) is 2.35. The van der Waals surface area contributed by atoms with Crippen LogP contribution < -0.4 is 0 Å². The van der Waals surface area contributed by atoms with Gasteiger partial charge in [0.25, 0.3) is 0 Å². The van der Waals surface area contributed by atoms with Gasteiger partial charge >= 0.3 is 0 Å². The van der Waals surface area contributed by atoms with Gasteiger partial charge in [0.2, 0.25) is 0 Å². The highest BCUT2D eigenvalue weighted by atomic mass is 16.1. The van der Waals surface area contributed by atoms with E-state index in [0.29, 0.717) is 11.7 Å². The highest BCUT2D eigenvalue weighted by molar-refractivity contribution is 5.88. The number of ketones is 1. The lowest BCUT2D eigenvalue weighted by Crippen LogP contribution is -2.56. The predicted octanol–water partition coefficient (Wildman–Crippen LogP) is 2.95. The molecular formula is C19H20N2O. The minimum atomic E-state index is 0.0744. The molecule has 0 spiro atoms. The Kier molecular flexibility index (Phi) is 3.51. The van der Waals surface area contributed by atoms with Gasteiger partial charge < -0.3 is 0 Å². The molecule has 3 saturated heterocycles. The zero-order chi connectivity index (χ0) is 14.9. The molecule has 2 bridgehead atoms. The number of hydrogen-bond acceptors (Lipinski definition) is 3. The molecule has 3 fully saturated rings. The van der Waals surface area contributed by atoms with Gasteiger partial charge in [0, 0.05) is 23.9 Å². The fourth-order valence-corrected chi connectivity index (χ4v) is 3.89. The van der Waals surface area contributed by atoms with E-state index in [-0.39, 0.29) is 6.04 Å². The second kappa shape index (κ2) is 5.65. The Balaban J connectivity index is 1.65. The lowest BCUT2D eigenvalue weighted by molar-refractivity contribution is -0.136. The normalized spacial score (nSPS) is 27.1. The molecule has 1 aromatic carbocycles. The highest BCUT2D eigenvalue weighted by Crippen LogP contribution is 2.32. The summed E-state index contributed by atoms with van der Waals surface area (Å²) in [5.74, 6) is 0.763. The van der Waals surface area contributed by atoms with Crippen LogP contribution >= 0.6 is 0 Å². The van der Waals surface area contributed by atoms with Crippen molar-refractivity contribution in [3.63, 3.8) is 0 Å². The minimum absolute atomic E-state index is 0.0744. The molecule has 4 heterocycles. The molecule has 0 N–H and O–H groups in total. The monoisotopic (exact) mass is 292 g/mol. The summed E-state index contributed by atoms with van der Waals surface area (Å²) < 4.78 is 0. The molecule has 3 heteroatoms. The van der Waals surface area contributed by atoms with Gasteiger partial charge in [-0.3, -0.25) is 14.7 Å². The van der Waals surface area contributed by atoms with E-state index in [0.717, 1.165) is 37.9 Å². The van der Waals surface area contributed by atoms with E-state index in [1.165, 1.54) is 11.1 Å². The first-order chi connectivity index (χ1) is 10.8. The van der Waals surface area contributed by atoms with Crippen molar-refractivity contribution in [2.24, 2.45) is 5.92 Å². The summed E-state index contributed by atoms with van der Waals surface area (Å²) in [6.45, 7) is 2.16. The third-order valence-corrected chi connectivity index (χ3v) is 5.10. The lowest BCUT2D eigenvalue weighted by atomic mass is 9.79. The molecule has 112 valence electrons. The summed E-state index contributed by atoms with van der Waals surface area (Å²) >= 11 is 0. The Bertz CT molecular complexity index is 675. The summed E-state index contributed by atoms with van der Waals surface area (Å²) in [5.41, 5.74) is 3.58. The summed E-state index contributed by atoms with van der Waals surface area (Å²) in [5, 5.41) is 0. The minimum Gasteiger partial charge on any atom is -0.298 e. The largest absolute Gasteiger partial charge is 0.298 e.